The number of ether oxygens (including phenoxy) is 1. The average Bonchev–Trinajstić information content (AvgIpc) is 2.86. The monoisotopic (exact) mass is 331 g/mol. The van der Waals surface area contributed by atoms with Crippen LogP contribution in [0.4, 0.5) is 5.95 Å². The Hall–Kier alpha value is -2.38. The highest BCUT2D eigenvalue weighted by molar-refractivity contribution is 5.77. The molecule has 1 aliphatic carbocycles. The number of hydrogen-bond donors (Lipinski definition) is 0. The molecule has 0 spiro atoms. The Labute approximate surface area is 139 Å². The molecule has 0 bridgehead atoms. The molecular weight excluding hydrogens is 310 g/mol. The molecule has 3 heterocycles. The van der Waals surface area contributed by atoms with Gasteiger partial charge in [-0.25, -0.2) is 4.68 Å². The largest absolute Gasteiger partial charge is 0.467 e. The van der Waals surface area contributed by atoms with Crippen LogP contribution in [-0.4, -0.2) is 45.9 Å². The summed E-state index contributed by atoms with van der Waals surface area (Å²) >= 11 is 0. The van der Waals surface area contributed by atoms with E-state index < -0.39 is 0 Å². The number of aryl methyl sites for hydroxylation is 1. The maximum Gasteiger partial charge on any atom is 0.309 e. The first-order valence-corrected chi connectivity index (χ1v) is 8.39. The van der Waals surface area contributed by atoms with Crippen molar-refractivity contribution in [3.05, 3.63) is 23.7 Å². The van der Waals surface area contributed by atoms with Gasteiger partial charge in [0.25, 0.3) is 0 Å². The third-order valence-corrected chi connectivity index (χ3v) is 5.11. The van der Waals surface area contributed by atoms with Crippen LogP contribution in [0.2, 0.25) is 0 Å². The van der Waals surface area contributed by atoms with Crippen molar-refractivity contribution in [3.8, 4) is 0 Å². The summed E-state index contributed by atoms with van der Waals surface area (Å²) in [6.07, 6.45) is 2.65. The number of aromatic nitrogens is 4. The fourth-order valence-corrected chi connectivity index (χ4v) is 3.74. The van der Waals surface area contributed by atoms with Crippen LogP contribution in [0.3, 0.4) is 0 Å². The lowest BCUT2D eigenvalue weighted by atomic mass is 10.1. The van der Waals surface area contributed by atoms with Gasteiger partial charge in [-0.05, 0) is 54.2 Å². The van der Waals surface area contributed by atoms with Gasteiger partial charge in [-0.3, -0.25) is 4.79 Å². The van der Waals surface area contributed by atoms with Gasteiger partial charge < -0.3 is 14.1 Å². The first-order chi connectivity index (χ1) is 11.7. The van der Waals surface area contributed by atoms with Crippen molar-refractivity contribution in [2.45, 2.75) is 26.8 Å². The number of fused-ring (bicyclic) bond motifs is 1. The number of esters is 1. The molecule has 4 rings (SSSR count). The molecule has 1 saturated carbocycles. The predicted octanol–water partition coefficient (Wildman–Crippen LogP) is 1.26. The van der Waals surface area contributed by atoms with E-state index in [1.807, 2.05) is 19.9 Å². The quantitative estimate of drug-likeness (QED) is 0.762. The fraction of sp³-hybridized carbons (Fsp3) is 0.625. The molecule has 128 valence electrons. The van der Waals surface area contributed by atoms with E-state index in [4.69, 9.17) is 9.15 Å². The molecule has 2 fully saturated rings. The number of rotatable bonds is 5. The SMILES string of the molecule is CCOC(=O)[C@@H]1[C@@H]2CCN(c3nnnn3Cc3occc3C)C[C@@H]21. The summed E-state index contributed by atoms with van der Waals surface area (Å²) in [5.41, 5.74) is 1.08. The Morgan fingerprint density at radius 2 is 2.33 bits per heavy atom. The molecule has 2 aromatic rings. The second-order valence-corrected chi connectivity index (χ2v) is 6.50. The Morgan fingerprint density at radius 1 is 1.46 bits per heavy atom. The summed E-state index contributed by atoms with van der Waals surface area (Å²) in [5, 5.41) is 12.1. The molecule has 0 amide bonds. The van der Waals surface area contributed by atoms with Crippen LogP contribution in [0.5, 0.6) is 0 Å². The lowest BCUT2D eigenvalue weighted by molar-refractivity contribution is -0.145. The van der Waals surface area contributed by atoms with Gasteiger partial charge in [-0.15, -0.1) is 0 Å². The van der Waals surface area contributed by atoms with Crippen LogP contribution >= 0.6 is 0 Å². The van der Waals surface area contributed by atoms with Crippen molar-refractivity contribution in [2.24, 2.45) is 17.8 Å². The Kier molecular flexibility index (Phi) is 3.74. The third-order valence-electron chi connectivity index (χ3n) is 5.11. The number of furan rings is 1. The smallest absolute Gasteiger partial charge is 0.309 e. The van der Waals surface area contributed by atoms with Gasteiger partial charge in [0.15, 0.2) is 0 Å². The third kappa shape index (κ3) is 2.55. The van der Waals surface area contributed by atoms with E-state index in [0.717, 1.165) is 36.8 Å². The van der Waals surface area contributed by atoms with Crippen LogP contribution in [0, 0.1) is 24.7 Å². The standard InChI is InChI=1S/C16H21N5O3/c1-3-23-15(22)14-11-4-6-20(8-12(11)14)16-17-18-19-21(16)9-13-10(2)5-7-24-13/h5,7,11-12,14H,3-4,6,8-9H2,1-2H3/t11-,12+,14-/m1/s1. The van der Waals surface area contributed by atoms with Crippen LogP contribution in [-0.2, 0) is 16.1 Å². The first kappa shape index (κ1) is 15.2. The minimum Gasteiger partial charge on any atom is -0.467 e. The van der Waals surface area contributed by atoms with E-state index in [-0.39, 0.29) is 11.9 Å². The molecule has 0 N–H and O–H groups in total. The Bertz CT molecular complexity index is 740. The van der Waals surface area contributed by atoms with Crippen molar-refractivity contribution in [2.75, 3.05) is 24.6 Å². The van der Waals surface area contributed by atoms with Gasteiger partial charge in [0.2, 0.25) is 5.95 Å². The molecule has 0 aromatic carbocycles. The highest BCUT2D eigenvalue weighted by Crippen LogP contribution is 2.52. The molecule has 0 radical (unpaired) electrons. The molecule has 3 atom stereocenters. The maximum absolute atomic E-state index is 12.0. The summed E-state index contributed by atoms with van der Waals surface area (Å²) in [6, 6.07) is 1.93. The van der Waals surface area contributed by atoms with Crippen LogP contribution in [0.15, 0.2) is 16.7 Å². The second kappa shape index (κ2) is 5.92. The molecule has 8 heteroatoms. The number of carbonyl (C=O) groups is 1. The zero-order chi connectivity index (χ0) is 16.7. The number of tetrazole rings is 1. The van der Waals surface area contributed by atoms with E-state index in [1.54, 1.807) is 10.9 Å². The Morgan fingerprint density at radius 3 is 3.08 bits per heavy atom. The van der Waals surface area contributed by atoms with E-state index in [9.17, 15) is 4.79 Å². The van der Waals surface area contributed by atoms with Crippen molar-refractivity contribution in [1.29, 1.82) is 0 Å². The van der Waals surface area contributed by atoms with Crippen molar-refractivity contribution < 1.29 is 13.9 Å². The lowest BCUT2D eigenvalue weighted by Gasteiger charge is -2.26. The van der Waals surface area contributed by atoms with Crippen LogP contribution in [0.1, 0.15) is 24.7 Å². The first-order valence-electron chi connectivity index (χ1n) is 8.39. The molecule has 1 aliphatic heterocycles. The maximum atomic E-state index is 12.0. The van der Waals surface area contributed by atoms with Gasteiger partial charge in [0, 0.05) is 13.1 Å². The van der Waals surface area contributed by atoms with Crippen LogP contribution < -0.4 is 4.90 Å². The molecule has 1 saturated heterocycles. The topological polar surface area (TPSA) is 86.3 Å². The molecule has 2 aromatic heterocycles. The van der Waals surface area contributed by atoms with Crippen LogP contribution in [0.25, 0.3) is 0 Å². The summed E-state index contributed by atoms with van der Waals surface area (Å²) in [4.78, 5) is 14.1. The zero-order valence-electron chi connectivity index (χ0n) is 13.9. The van der Waals surface area contributed by atoms with Crippen molar-refractivity contribution in [3.63, 3.8) is 0 Å². The number of hydrogen-bond acceptors (Lipinski definition) is 7. The van der Waals surface area contributed by atoms with E-state index in [1.165, 1.54) is 0 Å². The van der Waals surface area contributed by atoms with Gasteiger partial charge in [-0.1, -0.05) is 5.10 Å². The highest BCUT2D eigenvalue weighted by Gasteiger charge is 2.57. The second-order valence-electron chi connectivity index (χ2n) is 6.50. The predicted molar refractivity (Wildman–Crippen MR) is 84.3 cm³/mol. The van der Waals surface area contributed by atoms with Gasteiger partial charge >= 0.3 is 5.97 Å². The number of carbonyl (C=O) groups excluding carboxylic acids is 1. The molecular formula is C16H21N5O3. The van der Waals surface area contributed by atoms with E-state index in [0.29, 0.717) is 25.0 Å². The summed E-state index contributed by atoms with van der Waals surface area (Å²) in [7, 11) is 0. The molecule has 0 unspecified atom stereocenters. The molecule has 24 heavy (non-hydrogen) atoms. The Balaban J connectivity index is 1.46. The van der Waals surface area contributed by atoms with E-state index in [2.05, 4.69) is 20.4 Å². The van der Waals surface area contributed by atoms with E-state index >= 15 is 0 Å². The van der Waals surface area contributed by atoms with Gasteiger partial charge in [0.1, 0.15) is 12.3 Å². The number of nitrogens with zero attached hydrogens (tertiary/aromatic N) is 5. The van der Waals surface area contributed by atoms with Crippen molar-refractivity contribution >= 4 is 11.9 Å². The minimum atomic E-state index is -0.0554. The van der Waals surface area contributed by atoms with Crippen molar-refractivity contribution in [1.82, 2.24) is 20.2 Å². The summed E-state index contributed by atoms with van der Waals surface area (Å²) in [5.74, 6) is 2.39. The average molecular weight is 331 g/mol. The number of anilines is 1. The molecule has 8 nitrogen and oxygen atoms in total. The normalized spacial score (nSPS) is 25.4. The lowest BCUT2D eigenvalue weighted by Crippen LogP contribution is -2.34. The van der Waals surface area contributed by atoms with Gasteiger partial charge in [-0.2, -0.15) is 0 Å². The van der Waals surface area contributed by atoms with Gasteiger partial charge in [0.05, 0.1) is 18.8 Å². The summed E-state index contributed by atoms with van der Waals surface area (Å²) in [6.45, 7) is 6.45. The zero-order valence-corrected chi connectivity index (χ0v) is 13.9. The number of piperidine rings is 1. The molecule has 2 aliphatic rings. The highest BCUT2D eigenvalue weighted by atomic mass is 16.5. The fourth-order valence-electron chi connectivity index (χ4n) is 3.74. The summed E-state index contributed by atoms with van der Waals surface area (Å²) < 4.78 is 12.4. The minimum absolute atomic E-state index is 0.0478.